The number of hydrogen-bond acceptors (Lipinski definition) is 3. The van der Waals surface area contributed by atoms with Crippen molar-refractivity contribution in [2.75, 3.05) is 13.1 Å². The molecule has 1 unspecified atom stereocenters. The van der Waals surface area contributed by atoms with Gasteiger partial charge < -0.3 is 5.11 Å². The predicted molar refractivity (Wildman–Crippen MR) is 80.4 cm³/mol. The largest absolute Gasteiger partial charge is 0.480 e. The molecule has 1 aromatic rings. The molecule has 1 atom stereocenters. The van der Waals surface area contributed by atoms with Gasteiger partial charge in [0.05, 0.1) is 0 Å². The van der Waals surface area contributed by atoms with Crippen LogP contribution in [0.3, 0.4) is 0 Å². The summed E-state index contributed by atoms with van der Waals surface area (Å²) in [5.41, 5.74) is 7.80. The summed E-state index contributed by atoms with van der Waals surface area (Å²) in [5, 5.41) is 16.1. The number of nitrogens with zero attached hydrogens (tertiary/aromatic N) is 3. The lowest BCUT2D eigenvalue weighted by Crippen LogP contribution is -2.49. The monoisotopic (exact) mass is 340 g/mol. The third kappa shape index (κ3) is 3.96. The van der Waals surface area contributed by atoms with E-state index in [1.54, 1.807) is 12.1 Å². The molecule has 0 aliphatic rings. The van der Waals surface area contributed by atoms with Crippen molar-refractivity contribution in [1.29, 1.82) is 0 Å². The van der Waals surface area contributed by atoms with Gasteiger partial charge in [0, 0.05) is 15.9 Å². The number of rotatable bonds is 8. The maximum Gasteiger partial charge on any atom is 0.328 e. The minimum atomic E-state index is -1.11. The Morgan fingerprint density at radius 3 is 2.65 bits per heavy atom. The summed E-state index contributed by atoms with van der Waals surface area (Å²) in [4.78, 5) is 14.4. The second-order valence-corrected chi connectivity index (χ2v) is 5.22. The van der Waals surface area contributed by atoms with Gasteiger partial charge in [0.15, 0.2) is 0 Å². The number of hydrogen-bond donors (Lipinski definition) is 2. The normalized spacial score (nSPS) is 13.3. The molecule has 0 fully saturated rings. The van der Waals surface area contributed by atoms with Crippen LogP contribution in [0.25, 0.3) is 10.4 Å². The van der Waals surface area contributed by atoms with E-state index in [9.17, 15) is 9.90 Å². The van der Waals surface area contributed by atoms with Gasteiger partial charge >= 0.3 is 5.97 Å². The van der Waals surface area contributed by atoms with E-state index in [1.165, 1.54) is 0 Å². The van der Waals surface area contributed by atoms with Crippen LogP contribution >= 0.6 is 15.9 Å². The van der Waals surface area contributed by atoms with Crippen LogP contribution in [0.5, 0.6) is 0 Å². The highest BCUT2D eigenvalue weighted by Crippen LogP contribution is 2.27. The number of carboxylic acid groups (broad SMARTS) is 1. The van der Waals surface area contributed by atoms with Crippen LogP contribution in [-0.2, 0) is 10.3 Å². The standard InChI is InChI=1S/C13H17BrN4O2/c1-2-13(12(19)20,16-8-3-9-17-18-15)10-4-6-11(14)7-5-10/h4-7,16H,2-3,8-9H2,1H3,(H,19,20). The molecular formula is C13H17BrN4O2. The zero-order valence-corrected chi connectivity index (χ0v) is 12.8. The van der Waals surface area contributed by atoms with Gasteiger partial charge in [-0.3, -0.25) is 5.32 Å². The molecule has 0 bridgehead atoms. The second-order valence-electron chi connectivity index (χ2n) is 4.31. The Kier molecular flexibility index (Phi) is 6.51. The summed E-state index contributed by atoms with van der Waals surface area (Å²) < 4.78 is 0.903. The lowest BCUT2D eigenvalue weighted by Gasteiger charge is -2.30. The molecule has 0 aromatic heterocycles. The molecule has 0 heterocycles. The molecule has 0 amide bonds. The molecule has 0 spiro atoms. The van der Waals surface area contributed by atoms with Gasteiger partial charge in [0.25, 0.3) is 0 Å². The number of benzene rings is 1. The van der Waals surface area contributed by atoms with Crippen molar-refractivity contribution < 1.29 is 9.90 Å². The van der Waals surface area contributed by atoms with Gasteiger partial charge in [0.1, 0.15) is 5.54 Å². The first-order valence-corrected chi connectivity index (χ1v) is 7.11. The molecule has 1 rings (SSSR count). The topological polar surface area (TPSA) is 98.1 Å². The molecule has 1 aromatic carbocycles. The van der Waals surface area contributed by atoms with Crippen LogP contribution in [0, 0.1) is 0 Å². The number of nitrogens with one attached hydrogen (secondary N) is 1. The first kappa shape index (κ1) is 16.5. The Morgan fingerprint density at radius 1 is 1.50 bits per heavy atom. The van der Waals surface area contributed by atoms with E-state index in [2.05, 4.69) is 31.3 Å². The van der Waals surface area contributed by atoms with E-state index in [-0.39, 0.29) is 0 Å². The number of carboxylic acids is 1. The molecule has 0 radical (unpaired) electrons. The molecule has 0 saturated carbocycles. The smallest absolute Gasteiger partial charge is 0.328 e. The Bertz CT molecular complexity index is 500. The number of aliphatic carboxylic acids is 1. The highest BCUT2D eigenvalue weighted by Gasteiger charge is 2.37. The Morgan fingerprint density at radius 2 is 2.15 bits per heavy atom. The highest BCUT2D eigenvalue weighted by molar-refractivity contribution is 9.10. The molecule has 7 heteroatoms. The SMILES string of the molecule is CCC(NCCCN=[N+]=[N-])(C(=O)O)c1ccc(Br)cc1. The fourth-order valence-electron chi connectivity index (χ4n) is 2.01. The maximum absolute atomic E-state index is 11.7. The molecule has 0 aliphatic heterocycles. The summed E-state index contributed by atoms with van der Waals surface area (Å²) in [6, 6.07) is 7.24. The molecular weight excluding hydrogens is 324 g/mol. The number of halogens is 1. The minimum Gasteiger partial charge on any atom is -0.480 e. The number of azide groups is 1. The Labute approximate surface area is 125 Å². The zero-order valence-electron chi connectivity index (χ0n) is 11.2. The lowest BCUT2D eigenvalue weighted by molar-refractivity contribution is -0.145. The van der Waals surface area contributed by atoms with Crippen molar-refractivity contribution in [2.24, 2.45) is 5.11 Å². The predicted octanol–water partition coefficient (Wildman–Crippen LogP) is 3.43. The van der Waals surface area contributed by atoms with E-state index in [0.29, 0.717) is 31.5 Å². The summed E-state index contributed by atoms with van der Waals surface area (Å²) in [6.07, 6.45) is 1.01. The fourth-order valence-corrected chi connectivity index (χ4v) is 2.28. The highest BCUT2D eigenvalue weighted by atomic mass is 79.9. The van der Waals surface area contributed by atoms with E-state index >= 15 is 0 Å². The van der Waals surface area contributed by atoms with Crippen LogP contribution in [0.4, 0.5) is 0 Å². The summed E-state index contributed by atoms with van der Waals surface area (Å²) in [7, 11) is 0. The lowest BCUT2D eigenvalue weighted by atomic mass is 9.87. The van der Waals surface area contributed by atoms with Crippen molar-refractivity contribution in [3.63, 3.8) is 0 Å². The van der Waals surface area contributed by atoms with Crippen molar-refractivity contribution in [3.8, 4) is 0 Å². The Balaban J connectivity index is 2.88. The Hall–Kier alpha value is -1.56. The zero-order chi connectivity index (χ0) is 15.0. The summed E-state index contributed by atoms with van der Waals surface area (Å²) in [6.45, 7) is 2.65. The van der Waals surface area contributed by atoms with Crippen LogP contribution in [0.1, 0.15) is 25.3 Å². The molecule has 6 nitrogen and oxygen atoms in total. The fraction of sp³-hybridized carbons (Fsp3) is 0.462. The molecule has 2 N–H and O–H groups in total. The van der Waals surface area contributed by atoms with Gasteiger partial charge in [-0.1, -0.05) is 40.1 Å². The first-order chi connectivity index (χ1) is 9.56. The van der Waals surface area contributed by atoms with Gasteiger partial charge in [-0.05, 0) is 42.6 Å². The first-order valence-electron chi connectivity index (χ1n) is 6.32. The molecule has 0 aliphatic carbocycles. The van der Waals surface area contributed by atoms with Gasteiger partial charge in [-0.2, -0.15) is 0 Å². The second kappa shape index (κ2) is 7.89. The van der Waals surface area contributed by atoms with E-state index < -0.39 is 11.5 Å². The average molecular weight is 341 g/mol. The van der Waals surface area contributed by atoms with E-state index in [1.807, 2.05) is 19.1 Å². The van der Waals surface area contributed by atoms with Gasteiger partial charge in [-0.25, -0.2) is 4.79 Å². The molecule has 20 heavy (non-hydrogen) atoms. The van der Waals surface area contributed by atoms with Crippen molar-refractivity contribution in [1.82, 2.24) is 5.32 Å². The third-order valence-electron chi connectivity index (χ3n) is 3.16. The maximum atomic E-state index is 11.7. The van der Waals surface area contributed by atoms with Crippen LogP contribution in [0.15, 0.2) is 33.9 Å². The quantitative estimate of drug-likeness (QED) is 0.328. The summed E-state index contributed by atoms with van der Waals surface area (Å²) >= 11 is 3.34. The molecule has 108 valence electrons. The molecule has 0 saturated heterocycles. The van der Waals surface area contributed by atoms with Crippen molar-refractivity contribution in [2.45, 2.75) is 25.3 Å². The van der Waals surface area contributed by atoms with Crippen LogP contribution in [-0.4, -0.2) is 24.2 Å². The van der Waals surface area contributed by atoms with E-state index in [4.69, 9.17) is 5.53 Å². The van der Waals surface area contributed by atoms with Gasteiger partial charge in [-0.15, -0.1) is 0 Å². The van der Waals surface area contributed by atoms with Crippen molar-refractivity contribution >= 4 is 21.9 Å². The van der Waals surface area contributed by atoms with Crippen molar-refractivity contribution in [3.05, 3.63) is 44.7 Å². The minimum absolute atomic E-state index is 0.350. The number of carbonyl (C=O) groups is 1. The van der Waals surface area contributed by atoms with Gasteiger partial charge in [0.2, 0.25) is 0 Å². The van der Waals surface area contributed by atoms with E-state index in [0.717, 1.165) is 4.47 Å². The average Bonchev–Trinajstić information content (AvgIpc) is 2.44. The van der Waals surface area contributed by atoms with Crippen LogP contribution in [0.2, 0.25) is 0 Å². The van der Waals surface area contributed by atoms with Crippen LogP contribution < -0.4 is 5.32 Å². The third-order valence-corrected chi connectivity index (χ3v) is 3.69. The summed E-state index contributed by atoms with van der Waals surface area (Å²) in [5.74, 6) is -0.911.